The second kappa shape index (κ2) is 4.96. The summed E-state index contributed by atoms with van der Waals surface area (Å²) in [6.07, 6.45) is 3.18. The van der Waals surface area contributed by atoms with E-state index in [1.54, 1.807) is 4.90 Å². The lowest BCUT2D eigenvalue weighted by molar-refractivity contribution is 0.0627. The highest BCUT2D eigenvalue weighted by Crippen LogP contribution is 2.29. The van der Waals surface area contributed by atoms with Crippen molar-refractivity contribution in [3.05, 3.63) is 23.3 Å². The van der Waals surface area contributed by atoms with Crippen LogP contribution in [0.25, 0.3) is 0 Å². The van der Waals surface area contributed by atoms with E-state index >= 15 is 0 Å². The predicted molar refractivity (Wildman–Crippen MR) is 70.4 cm³/mol. The predicted octanol–water partition coefficient (Wildman–Crippen LogP) is 1.86. The fourth-order valence-electron chi connectivity index (χ4n) is 2.56. The number of nitrogens with zero attached hydrogens (tertiary/aromatic N) is 4. The molecule has 1 amide bonds. The molecule has 5 nitrogen and oxygen atoms in total. The number of carbonyl (C=O) groups is 1. The maximum Gasteiger partial charge on any atom is 0.257 e. The molecule has 2 rings (SSSR count). The summed E-state index contributed by atoms with van der Waals surface area (Å²) in [6.45, 7) is 6.72. The summed E-state index contributed by atoms with van der Waals surface area (Å²) in [6, 6.07) is 2.32. The molecule has 0 spiro atoms. The van der Waals surface area contributed by atoms with Gasteiger partial charge in [-0.05, 0) is 33.6 Å². The van der Waals surface area contributed by atoms with Crippen molar-refractivity contribution in [1.82, 2.24) is 14.9 Å². The Kier molecular flexibility index (Phi) is 3.52. The highest BCUT2D eigenvalue weighted by atomic mass is 16.2. The molecule has 1 aliphatic rings. The largest absolute Gasteiger partial charge is 0.337 e. The van der Waals surface area contributed by atoms with Crippen LogP contribution in [0.5, 0.6) is 0 Å². The van der Waals surface area contributed by atoms with Crippen LogP contribution in [0.15, 0.2) is 6.33 Å². The SMILES string of the molecule is Cc1ncnc(C)c1C(=O)N1CCC[C@](C)(C#N)C1. The molecule has 1 saturated heterocycles. The fourth-order valence-corrected chi connectivity index (χ4v) is 2.56. The van der Waals surface area contributed by atoms with Crippen LogP contribution in [0.3, 0.4) is 0 Å². The first kappa shape index (κ1) is 13.5. The Morgan fingerprint density at radius 1 is 1.42 bits per heavy atom. The summed E-state index contributed by atoms with van der Waals surface area (Å²) in [5.41, 5.74) is 1.53. The van der Waals surface area contributed by atoms with Crippen LogP contribution in [-0.2, 0) is 0 Å². The third-order valence-electron chi connectivity index (χ3n) is 3.69. The van der Waals surface area contributed by atoms with Crippen molar-refractivity contribution in [3.8, 4) is 6.07 Å². The van der Waals surface area contributed by atoms with Crippen LogP contribution < -0.4 is 0 Å². The van der Waals surface area contributed by atoms with Crippen LogP contribution in [0.2, 0.25) is 0 Å². The summed E-state index contributed by atoms with van der Waals surface area (Å²) in [5.74, 6) is -0.0585. The minimum atomic E-state index is -0.439. The molecular formula is C14H18N4O. The van der Waals surface area contributed by atoms with Crippen molar-refractivity contribution in [1.29, 1.82) is 5.26 Å². The van der Waals surface area contributed by atoms with Crippen molar-refractivity contribution in [2.24, 2.45) is 5.41 Å². The van der Waals surface area contributed by atoms with Gasteiger partial charge in [-0.15, -0.1) is 0 Å². The third kappa shape index (κ3) is 2.58. The summed E-state index contributed by atoms with van der Waals surface area (Å²) in [7, 11) is 0. The Balaban J connectivity index is 2.28. The quantitative estimate of drug-likeness (QED) is 0.771. The van der Waals surface area contributed by atoms with Gasteiger partial charge >= 0.3 is 0 Å². The van der Waals surface area contributed by atoms with Crippen molar-refractivity contribution in [2.75, 3.05) is 13.1 Å². The van der Waals surface area contributed by atoms with E-state index in [9.17, 15) is 10.1 Å². The average molecular weight is 258 g/mol. The molecule has 0 aliphatic carbocycles. The topological polar surface area (TPSA) is 69.9 Å². The first-order chi connectivity index (χ1) is 8.97. The highest BCUT2D eigenvalue weighted by molar-refractivity contribution is 5.96. The summed E-state index contributed by atoms with van der Waals surface area (Å²) in [4.78, 5) is 22.5. The maximum absolute atomic E-state index is 12.6. The van der Waals surface area contributed by atoms with Crippen molar-refractivity contribution in [2.45, 2.75) is 33.6 Å². The molecule has 1 atom stereocenters. The van der Waals surface area contributed by atoms with Gasteiger partial charge in [0.1, 0.15) is 6.33 Å². The van der Waals surface area contributed by atoms with Gasteiger partial charge in [0.2, 0.25) is 0 Å². The van der Waals surface area contributed by atoms with Crippen LogP contribution in [-0.4, -0.2) is 33.9 Å². The third-order valence-corrected chi connectivity index (χ3v) is 3.69. The molecule has 5 heteroatoms. The van der Waals surface area contributed by atoms with Crippen LogP contribution in [0.4, 0.5) is 0 Å². The minimum absolute atomic E-state index is 0.0585. The van der Waals surface area contributed by atoms with E-state index in [2.05, 4.69) is 16.0 Å². The zero-order valence-electron chi connectivity index (χ0n) is 11.6. The fraction of sp³-hybridized carbons (Fsp3) is 0.571. The Bertz CT molecular complexity index is 529. The molecule has 1 aromatic heterocycles. The number of likely N-dealkylation sites (tertiary alicyclic amines) is 1. The molecule has 0 aromatic carbocycles. The molecule has 0 bridgehead atoms. The number of hydrogen-bond acceptors (Lipinski definition) is 4. The second-order valence-corrected chi connectivity index (χ2v) is 5.42. The van der Waals surface area contributed by atoms with E-state index < -0.39 is 5.41 Å². The standard InChI is InChI=1S/C14H18N4O/c1-10-12(11(2)17-9-16-10)13(19)18-6-4-5-14(3,7-15)8-18/h9H,4-6,8H2,1-3H3/t14-/m1/s1. The number of aryl methyl sites for hydroxylation is 2. The molecular weight excluding hydrogens is 240 g/mol. The van der Waals surface area contributed by atoms with Gasteiger partial charge in [0, 0.05) is 13.1 Å². The molecule has 100 valence electrons. The van der Waals surface area contributed by atoms with Crippen molar-refractivity contribution < 1.29 is 4.79 Å². The number of amides is 1. The summed E-state index contributed by atoms with van der Waals surface area (Å²) >= 11 is 0. The van der Waals surface area contributed by atoms with E-state index in [0.29, 0.717) is 30.0 Å². The minimum Gasteiger partial charge on any atom is -0.337 e. The Labute approximate surface area is 113 Å². The smallest absolute Gasteiger partial charge is 0.257 e. The van der Waals surface area contributed by atoms with E-state index in [0.717, 1.165) is 12.8 Å². The van der Waals surface area contributed by atoms with Gasteiger partial charge in [-0.3, -0.25) is 4.79 Å². The van der Waals surface area contributed by atoms with Crippen LogP contribution >= 0.6 is 0 Å². The van der Waals surface area contributed by atoms with E-state index in [4.69, 9.17) is 0 Å². The monoisotopic (exact) mass is 258 g/mol. The lowest BCUT2D eigenvalue weighted by Gasteiger charge is -2.36. The molecule has 1 fully saturated rings. The number of rotatable bonds is 1. The average Bonchev–Trinajstić information content (AvgIpc) is 2.38. The van der Waals surface area contributed by atoms with Gasteiger partial charge < -0.3 is 4.90 Å². The molecule has 1 aliphatic heterocycles. The highest BCUT2D eigenvalue weighted by Gasteiger charge is 2.34. The molecule has 1 aromatic rings. The van der Waals surface area contributed by atoms with E-state index in [1.165, 1.54) is 6.33 Å². The zero-order valence-corrected chi connectivity index (χ0v) is 11.6. The number of piperidine rings is 1. The lowest BCUT2D eigenvalue weighted by atomic mass is 9.83. The summed E-state index contributed by atoms with van der Waals surface area (Å²) in [5, 5.41) is 9.22. The molecule has 0 N–H and O–H groups in total. The molecule has 0 unspecified atom stereocenters. The molecule has 0 saturated carbocycles. The normalized spacial score (nSPS) is 22.9. The van der Waals surface area contributed by atoms with Gasteiger partial charge in [0.15, 0.2) is 0 Å². The van der Waals surface area contributed by atoms with Gasteiger partial charge in [0.25, 0.3) is 5.91 Å². The number of carbonyl (C=O) groups excluding carboxylic acids is 1. The first-order valence-corrected chi connectivity index (χ1v) is 6.45. The number of hydrogen-bond donors (Lipinski definition) is 0. The molecule has 2 heterocycles. The van der Waals surface area contributed by atoms with Crippen LogP contribution in [0, 0.1) is 30.6 Å². The van der Waals surface area contributed by atoms with Gasteiger partial charge in [-0.25, -0.2) is 9.97 Å². The lowest BCUT2D eigenvalue weighted by Crippen LogP contribution is -2.44. The zero-order chi connectivity index (χ0) is 14.0. The van der Waals surface area contributed by atoms with Gasteiger partial charge in [-0.2, -0.15) is 5.26 Å². The van der Waals surface area contributed by atoms with Gasteiger partial charge in [0.05, 0.1) is 28.4 Å². The first-order valence-electron chi connectivity index (χ1n) is 6.45. The summed E-state index contributed by atoms with van der Waals surface area (Å²) < 4.78 is 0. The van der Waals surface area contributed by atoms with E-state index in [-0.39, 0.29) is 5.91 Å². The number of aromatic nitrogens is 2. The number of nitriles is 1. The Hall–Kier alpha value is -1.96. The van der Waals surface area contributed by atoms with E-state index in [1.807, 2.05) is 20.8 Å². The second-order valence-electron chi connectivity index (χ2n) is 5.42. The van der Waals surface area contributed by atoms with Gasteiger partial charge in [-0.1, -0.05) is 0 Å². The Morgan fingerprint density at radius 2 is 2.05 bits per heavy atom. The van der Waals surface area contributed by atoms with Crippen molar-refractivity contribution >= 4 is 5.91 Å². The van der Waals surface area contributed by atoms with Crippen molar-refractivity contribution in [3.63, 3.8) is 0 Å². The molecule has 0 radical (unpaired) electrons. The van der Waals surface area contributed by atoms with Crippen LogP contribution in [0.1, 0.15) is 41.5 Å². The molecule has 19 heavy (non-hydrogen) atoms. The Morgan fingerprint density at radius 3 is 2.63 bits per heavy atom. The maximum atomic E-state index is 12.6.